The minimum Gasteiger partial charge on any atom is -0.497 e. The Morgan fingerprint density at radius 2 is 1.74 bits per heavy atom. The van der Waals surface area contributed by atoms with Crippen molar-refractivity contribution in [2.24, 2.45) is 5.92 Å². The number of carboxylic acid groups (broad SMARTS) is 1. The second-order valence-corrected chi connectivity index (χ2v) is 7.66. The number of aliphatic carboxylic acids is 1. The summed E-state index contributed by atoms with van der Waals surface area (Å²) in [6.07, 6.45) is -1.29. The number of fused-ring (bicyclic) bond motifs is 1. The minimum absolute atomic E-state index is 0.00172. The number of aryl methyl sites for hydroxylation is 1. The average Bonchev–Trinajstić information content (AvgIpc) is 2.86. The van der Waals surface area contributed by atoms with Gasteiger partial charge in [0.2, 0.25) is 0 Å². The molecule has 2 atom stereocenters. The number of ether oxygens (including phenoxy) is 2. The number of rotatable bonds is 9. The van der Waals surface area contributed by atoms with Crippen molar-refractivity contribution in [1.82, 2.24) is 15.0 Å². The maximum absolute atomic E-state index is 12.6. The van der Waals surface area contributed by atoms with Gasteiger partial charge < -0.3 is 19.7 Å². The molecule has 1 heterocycles. The van der Waals surface area contributed by atoms with Gasteiger partial charge in [-0.3, -0.25) is 9.59 Å². The van der Waals surface area contributed by atoms with Crippen LogP contribution in [0.3, 0.4) is 0 Å². The molecule has 0 aliphatic carbocycles. The van der Waals surface area contributed by atoms with Gasteiger partial charge in [-0.25, -0.2) is 4.68 Å². The molecule has 0 spiro atoms. The van der Waals surface area contributed by atoms with Crippen molar-refractivity contribution in [3.63, 3.8) is 0 Å². The van der Waals surface area contributed by atoms with Crippen molar-refractivity contribution in [2.75, 3.05) is 7.11 Å². The van der Waals surface area contributed by atoms with Crippen molar-refractivity contribution in [2.45, 2.75) is 19.1 Å². The molecule has 0 amide bonds. The molecule has 0 aliphatic rings. The predicted octanol–water partition coefficient (Wildman–Crippen LogP) is 3.42. The van der Waals surface area contributed by atoms with E-state index in [4.69, 9.17) is 9.47 Å². The van der Waals surface area contributed by atoms with Gasteiger partial charge in [-0.15, -0.1) is 5.10 Å². The summed E-state index contributed by atoms with van der Waals surface area (Å²) in [5.41, 5.74) is 0.528. The number of benzene rings is 3. The molecule has 0 aliphatic heterocycles. The first-order valence-corrected chi connectivity index (χ1v) is 10.6. The molecule has 1 aromatic heterocycles. The lowest BCUT2D eigenvalue weighted by Gasteiger charge is -2.20. The number of methoxy groups -OCH3 is 1. The third-order valence-electron chi connectivity index (χ3n) is 5.48. The summed E-state index contributed by atoms with van der Waals surface area (Å²) in [5.74, 6) is -0.563. The summed E-state index contributed by atoms with van der Waals surface area (Å²) >= 11 is 0. The standard InChI is InChI=1S/C25H23N3O6/c1-33-18-5-4-6-19(15-18)34-17-11-9-16(10-12-17)23(29)21(25(31)32)13-14-28-24(30)20-7-2-3-8-22(20)26-27-28/h2-12,15,21,23,29H,13-14H2,1H3,(H,31,32)/t21-,23+/m0/s1. The van der Waals surface area contributed by atoms with Crippen molar-refractivity contribution in [1.29, 1.82) is 0 Å². The third kappa shape index (κ3) is 5.05. The number of aromatic nitrogens is 3. The minimum atomic E-state index is -1.28. The van der Waals surface area contributed by atoms with E-state index in [9.17, 15) is 19.8 Å². The highest BCUT2D eigenvalue weighted by Crippen LogP contribution is 2.29. The lowest BCUT2D eigenvalue weighted by molar-refractivity contribution is -0.146. The van der Waals surface area contributed by atoms with Crippen LogP contribution in [0.2, 0.25) is 0 Å². The van der Waals surface area contributed by atoms with E-state index in [1.54, 1.807) is 79.9 Å². The molecular formula is C25H23N3O6. The fourth-order valence-corrected chi connectivity index (χ4v) is 3.61. The molecule has 3 aromatic carbocycles. The van der Waals surface area contributed by atoms with Crippen LogP contribution < -0.4 is 15.0 Å². The number of nitrogens with zero attached hydrogens (tertiary/aromatic N) is 3. The van der Waals surface area contributed by atoms with E-state index in [-0.39, 0.29) is 18.5 Å². The molecule has 0 bridgehead atoms. The Bertz CT molecular complexity index is 1350. The third-order valence-corrected chi connectivity index (χ3v) is 5.48. The molecule has 0 fully saturated rings. The van der Waals surface area contributed by atoms with E-state index in [1.165, 1.54) is 0 Å². The van der Waals surface area contributed by atoms with Crippen LogP contribution in [0.15, 0.2) is 77.6 Å². The fraction of sp³-hybridized carbons (Fsp3) is 0.200. The highest BCUT2D eigenvalue weighted by molar-refractivity contribution is 5.76. The zero-order valence-corrected chi connectivity index (χ0v) is 18.4. The van der Waals surface area contributed by atoms with Crippen molar-refractivity contribution < 1.29 is 24.5 Å². The first-order valence-electron chi connectivity index (χ1n) is 10.6. The van der Waals surface area contributed by atoms with Crippen molar-refractivity contribution in [3.05, 3.63) is 88.7 Å². The van der Waals surface area contributed by atoms with Gasteiger partial charge in [0.25, 0.3) is 5.56 Å². The average molecular weight is 461 g/mol. The number of hydrogen-bond donors (Lipinski definition) is 2. The molecule has 34 heavy (non-hydrogen) atoms. The molecule has 2 N–H and O–H groups in total. The van der Waals surface area contributed by atoms with Crippen LogP contribution in [-0.2, 0) is 11.3 Å². The Morgan fingerprint density at radius 3 is 2.47 bits per heavy atom. The number of aliphatic hydroxyl groups excluding tert-OH is 1. The zero-order valence-electron chi connectivity index (χ0n) is 18.4. The normalized spacial score (nSPS) is 12.8. The first kappa shape index (κ1) is 22.9. The Balaban J connectivity index is 1.46. The molecule has 0 unspecified atom stereocenters. The van der Waals surface area contributed by atoms with Crippen molar-refractivity contribution in [3.8, 4) is 17.2 Å². The summed E-state index contributed by atoms with van der Waals surface area (Å²) in [5, 5.41) is 28.8. The molecule has 9 heteroatoms. The molecule has 4 aromatic rings. The lowest BCUT2D eigenvalue weighted by atomic mass is 9.93. The van der Waals surface area contributed by atoms with Crippen LogP contribution in [-0.4, -0.2) is 38.3 Å². The molecule has 0 saturated carbocycles. The lowest BCUT2D eigenvalue weighted by Crippen LogP contribution is -2.29. The van der Waals surface area contributed by atoms with Crippen LogP contribution >= 0.6 is 0 Å². The van der Waals surface area contributed by atoms with Crippen molar-refractivity contribution >= 4 is 16.9 Å². The number of carbonyl (C=O) groups is 1. The molecule has 0 saturated heterocycles. The predicted molar refractivity (Wildman–Crippen MR) is 124 cm³/mol. The zero-order chi connectivity index (χ0) is 24.1. The van der Waals surface area contributed by atoms with E-state index in [0.717, 1.165) is 4.68 Å². The highest BCUT2D eigenvalue weighted by atomic mass is 16.5. The Labute approximate surface area is 194 Å². The second kappa shape index (κ2) is 10.1. The maximum Gasteiger partial charge on any atom is 0.309 e. The Hall–Kier alpha value is -4.24. The SMILES string of the molecule is COc1cccc(Oc2ccc([C@@H](O)[C@H](CCn3nnc4ccccc4c3=O)C(=O)O)cc2)c1. The van der Waals surface area contributed by atoms with Crippen LogP contribution in [0.25, 0.3) is 10.9 Å². The molecule has 174 valence electrons. The summed E-state index contributed by atoms with van der Waals surface area (Å²) < 4.78 is 12.1. The van der Waals surface area contributed by atoms with Crippen LogP contribution in [0.5, 0.6) is 17.2 Å². The number of aliphatic hydroxyl groups is 1. The molecule has 4 rings (SSSR count). The topological polar surface area (TPSA) is 124 Å². The van der Waals surface area contributed by atoms with Gasteiger partial charge in [-0.1, -0.05) is 35.5 Å². The first-order chi connectivity index (χ1) is 16.5. The van der Waals surface area contributed by atoms with E-state index >= 15 is 0 Å². The Morgan fingerprint density at radius 1 is 1.00 bits per heavy atom. The Kier molecular flexibility index (Phi) is 6.84. The smallest absolute Gasteiger partial charge is 0.309 e. The largest absolute Gasteiger partial charge is 0.497 e. The van der Waals surface area contributed by atoms with E-state index in [1.807, 2.05) is 0 Å². The van der Waals surface area contributed by atoms with Gasteiger partial charge in [0, 0.05) is 12.6 Å². The quantitative estimate of drug-likeness (QED) is 0.389. The fourth-order valence-electron chi connectivity index (χ4n) is 3.61. The van der Waals surface area contributed by atoms with Crippen LogP contribution in [0.1, 0.15) is 18.1 Å². The van der Waals surface area contributed by atoms with Gasteiger partial charge in [0.15, 0.2) is 0 Å². The molecule has 0 radical (unpaired) electrons. The summed E-state index contributed by atoms with van der Waals surface area (Å²) in [7, 11) is 1.57. The van der Waals surface area contributed by atoms with Gasteiger partial charge >= 0.3 is 5.97 Å². The van der Waals surface area contributed by atoms with Crippen LogP contribution in [0.4, 0.5) is 0 Å². The van der Waals surface area contributed by atoms with Gasteiger partial charge in [0.05, 0.1) is 24.5 Å². The van der Waals surface area contributed by atoms with Crippen LogP contribution in [0, 0.1) is 5.92 Å². The van der Waals surface area contributed by atoms with E-state index < -0.39 is 18.0 Å². The van der Waals surface area contributed by atoms with Gasteiger partial charge in [0.1, 0.15) is 22.8 Å². The number of carboxylic acids is 1. The summed E-state index contributed by atoms with van der Waals surface area (Å²) in [6.45, 7) is 0.00172. The number of hydrogen-bond acceptors (Lipinski definition) is 7. The monoisotopic (exact) mass is 461 g/mol. The highest BCUT2D eigenvalue weighted by Gasteiger charge is 2.28. The summed E-state index contributed by atoms with van der Waals surface area (Å²) in [4.78, 5) is 24.5. The summed E-state index contributed by atoms with van der Waals surface area (Å²) in [6, 6.07) is 20.4. The van der Waals surface area contributed by atoms with Gasteiger partial charge in [-0.2, -0.15) is 0 Å². The maximum atomic E-state index is 12.6. The van der Waals surface area contributed by atoms with Gasteiger partial charge in [-0.05, 0) is 48.4 Å². The van der Waals surface area contributed by atoms with E-state index in [2.05, 4.69) is 10.3 Å². The molecular weight excluding hydrogens is 438 g/mol. The molecule has 9 nitrogen and oxygen atoms in total. The second-order valence-electron chi connectivity index (χ2n) is 7.66. The van der Waals surface area contributed by atoms with E-state index in [0.29, 0.717) is 33.7 Å².